The molecule has 2 unspecified atom stereocenters. The molecular formula is C14H24IN5O3. The maximum Gasteiger partial charge on any atom is 0.310 e. The van der Waals surface area contributed by atoms with E-state index < -0.39 is 0 Å². The Morgan fingerprint density at radius 3 is 2.83 bits per heavy atom. The van der Waals surface area contributed by atoms with Gasteiger partial charge in [0.25, 0.3) is 0 Å². The summed E-state index contributed by atoms with van der Waals surface area (Å²) in [7, 11) is 3.16. The highest BCUT2D eigenvalue weighted by atomic mass is 127. The van der Waals surface area contributed by atoms with E-state index >= 15 is 0 Å². The Morgan fingerprint density at radius 1 is 1.52 bits per heavy atom. The Morgan fingerprint density at radius 2 is 2.26 bits per heavy atom. The van der Waals surface area contributed by atoms with Gasteiger partial charge in [-0.05, 0) is 12.8 Å². The van der Waals surface area contributed by atoms with E-state index in [-0.39, 0.29) is 41.8 Å². The average molecular weight is 437 g/mol. The van der Waals surface area contributed by atoms with Crippen molar-refractivity contribution in [1.82, 2.24) is 20.4 Å². The SMILES string of the molecule is CN=C(NCCc1nc(C)no1)N1CC(C)C(C(=O)OC)C1.I. The van der Waals surface area contributed by atoms with Crippen LogP contribution in [0, 0.1) is 18.8 Å². The van der Waals surface area contributed by atoms with Crippen LogP contribution in [0.1, 0.15) is 18.6 Å². The number of rotatable bonds is 4. The van der Waals surface area contributed by atoms with Crippen molar-refractivity contribution in [3.63, 3.8) is 0 Å². The van der Waals surface area contributed by atoms with Gasteiger partial charge in [-0.1, -0.05) is 12.1 Å². The van der Waals surface area contributed by atoms with Crippen LogP contribution in [0.25, 0.3) is 0 Å². The van der Waals surface area contributed by atoms with Gasteiger partial charge >= 0.3 is 5.97 Å². The van der Waals surface area contributed by atoms with Gasteiger partial charge < -0.3 is 19.5 Å². The van der Waals surface area contributed by atoms with Gasteiger partial charge in [0.15, 0.2) is 11.8 Å². The largest absolute Gasteiger partial charge is 0.469 e. The second-order valence-corrected chi connectivity index (χ2v) is 5.47. The predicted molar refractivity (Wildman–Crippen MR) is 95.8 cm³/mol. The summed E-state index contributed by atoms with van der Waals surface area (Å²) in [6.45, 7) is 5.88. The van der Waals surface area contributed by atoms with Crippen LogP contribution in [0.2, 0.25) is 0 Å². The Kier molecular flexibility index (Phi) is 7.73. The van der Waals surface area contributed by atoms with Gasteiger partial charge in [0, 0.05) is 33.1 Å². The molecule has 2 heterocycles. The summed E-state index contributed by atoms with van der Waals surface area (Å²) < 4.78 is 9.92. The van der Waals surface area contributed by atoms with Crippen molar-refractivity contribution in [3.05, 3.63) is 11.7 Å². The third-order valence-electron chi connectivity index (χ3n) is 3.82. The number of ether oxygens (including phenoxy) is 1. The summed E-state index contributed by atoms with van der Waals surface area (Å²) in [5.41, 5.74) is 0. The molecular weight excluding hydrogens is 413 g/mol. The third kappa shape index (κ3) is 5.05. The van der Waals surface area contributed by atoms with Crippen LogP contribution in [0.4, 0.5) is 0 Å². The van der Waals surface area contributed by atoms with Crippen molar-refractivity contribution in [1.29, 1.82) is 0 Å². The summed E-state index contributed by atoms with van der Waals surface area (Å²) in [6.07, 6.45) is 0.629. The number of hydrogen-bond acceptors (Lipinski definition) is 6. The molecule has 130 valence electrons. The summed E-state index contributed by atoms with van der Waals surface area (Å²) in [4.78, 5) is 22.3. The molecule has 0 bridgehead atoms. The summed E-state index contributed by atoms with van der Waals surface area (Å²) in [5.74, 6) is 1.98. The molecule has 0 amide bonds. The first kappa shape index (κ1) is 19.7. The lowest BCUT2D eigenvalue weighted by Crippen LogP contribution is -2.41. The molecule has 1 aliphatic heterocycles. The highest BCUT2D eigenvalue weighted by Crippen LogP contribution is 2.23. The summed E-state index contributed by atoms with van der Waals surface area (Å²) >= 11 is 0. The van der Waals surface area contributed by atoms with Gasteiger partial charge in [-0.3, -0.25) is 9.79 Å². The topological polar surface area (TPSA) is 92.9 Å². The molecule has 1 aromatic rings. The molecule has 2 atom stereocenters. The monoisotopic (exact) mass is 437 g/mol. The fourth-order valence-electron chi connectivity index (χ4n) is 2.65. The number of aryl methyl sites for hydroxylation is 1. The van der Waals surface area contributed by atoms with Gasteiger partial charge in [0.2, 0.25) is 5.89 Å². The minimum absolute atomic E-state index is 0. The number of halogens is 1. The van der Waals surface area contributed by atoms with E-state index in [1.165, 1.54) is 7.11 Å². The van der Waals surface area contributed by atoms with E-state index in [1.54, 1.807) is 14.0 Å². The lowest BCUT2D eigenvalue weighted by Gasteiger charge is -2.21. The quantitative estimate of drug-likeness (QED) is 0.323. The maximum absolute atomic E-state index is 11.7. The zero-order chi connectivity index (χ0) is 16.1. The number of nitrogens with one attached hydrogen (secondary N) is 1. The van der Waals surface area contributed by atoms with Crippen LogP contribution < -0.4 is 5.32 Å². The van der Waals surface area contributed by atoms with Crippen LogP contribution in [-0.2, 0) is 16.0 Å². The first-order valence-electron chi connectivity index (χ1n) is 7.37. The summed E-state index contributed by atoms with van der Waals surface area (Å²) in [5, 5.41) is 7.02. The molecule has 23 heavy (non-hydrogen) atoms. The van der Waals surface area contributed by atoms with Crippen LogP contribution in [0.15, 0.2) is 9.52 Å². The number of methoxy groups -OCH3 is 1. The fraction of sp³-hybridized carbons (Fsp3) is 0.714. The summed E-state index contributed by atoms with van der Waals surface area (Å²) in [6, 6.07) is 0. The number of carbonyl (C=O) groups is 1. The smallest absolute Gasteiger partial charge is 0.310 e. The third-order valence-corrected chi connectivity index (χ3v) is 3.82. The minimum atomic E-state index is -0.160. The van der Waals surface area contributed by atoms with E-state index in [2.05, 4.69) is 32.3 Å². The molecule has 0 saturated carbocycles. The maximum atomic E-state index is 11.7. The molecule has 0 spiro atoms. The number of hydrogen-bond donors (Lipinski definition) is 1. The Balaban J connectivity index is 0.00000264. The standard InChI is InChI=1S/C14H23N5O3.HI/c1-9-7-19(8-11(9)13(20)21-4)14(15-3)16-6-5-12-17-10(2)18-22-12;/h9,11H,5-8H2,1-4H3,(H,15,16);1H. The zero-order valence-corrected chi connectivity index (χ0v) is 16.2. The molecule has 8 nitrogen and oxygen atoms in total. The second kappa shape index (κ2) is 9.04. The van der Waals surface area contributed by atoms with Gasteiger partial charge in [-0.25, -0.2) is 0 Å². The van der Waals surface area contributed by atoms with Gasteiger partial charge in [0.05, 0.1) is 13.0 Å². The predicted octanol–water partition coefficient (Wildman–Crippen LogP) is 0.855. The molecule has 2 rings (SSSR count). The molecule has 1 aromatic heterocycles. The van der Waals surface area contributed by atoms with E-state index in [0.717, 1.165) is 12.5 Å². The van der Waals surface area contributed by atoms with Crippen LogP contribution in [-0.4, -0.2) is 60.8 Å². The van der Waals surface area contributed by atoms with Crippen molar-refractivity contribution < 1.29 is 14.1 Å². The molecule has 0 radical (unpaired) electrons. The second-order valence-electron chi connectivity index (χ2n) is 5.47. The van der Waals surface area contributed by atoms with E-state index in [4.69, 9.17) is 9.26 Å². The van der Waals surface area contributed by atoms with Crippen LogP contribution in [0.5, 0.6) is 0 Å². The van der Waals surface area contributed by atoms with E-state index in [9.17, 15) is 4.79 Å². The normalized spacial score (nSPS) is 21.0. The number of nitrogens with zero attached hydrogens (tertiary/aromatic N) is 4. The number of aliphatic imine (C=N–C) groups is 1. The molecule has 1 aliphatic rings. The molecule has 1 saturated heterocycles. The van der Waals surface area contributed by atoms with E-state index in [0.29, 0.717) is 31.2 Å². The molecule has 1 fully saturated rings. The highest BCUT2D eigenvalue weighted by molar-refractivity contribution is 14.0. The van der Waals surface area contributed by atoms with Crippen molar-refractivity contribution in [2.75, 3.05) is 33.8 Å². The van der Waals surface area contributed by atoms with Crippen LogP contribution in [0.3, 0.4) is 0 Å². The lowest BCUT2D eigenvalue weighted by atomic mass is 9.99. The number of esters is 1. The van der Waals surface area contributed by atoms with Gasteiger partial charge in [-0.2, -0.15) is 4.98 Å². The first-order valence-corrected chi connectivity index (χ1v) is 7.37. The highest BCUT2D eigenvalue weighted by Gasteiger charge is 2.36. The number of likely N-dealkylation sites (tertiary alicyclic amines) is 1. The lowest BCUT2D eigenvalue weighted by molar-refractivity contribution is -0.145. The fourth-order valence-corrected chi connectivity index (χ4v) is 2.65. The van der Waals surface area contributed by atoms with Crippen molar-refractivity contribution in [3.8, 4) is 0 Å². The zero-order valence-electron chi connectivity index (χ0n) is 13.9. The molecule has 9 heteroatoms. The van der Waals surface area contributed by atoms with Gasteiger partial charge in [0.1, 0.15) is 0 Å². The minimum Gasteiger partial charge on any atom is -0.469 e. The van der Waals surface area contributed by atoms with Crippen molar-refractivity contribution in [2.24, 2.45) is 16.8 Å². The Labute approximate surface area is 153 Å². The van der Waals surface area contributed by atoms with Crippen LogP contribution >= 0.6 is 24.0 Å². The average Bonchev–Trinajstić information content (AvgIpc) is 3.09. The van der Waals surface area contributed by atoms with Crippen molar-refractivity contribution >= 4 is 35.9 Å². The van der Waals surface area contributed by atoms with Crippen molar-refractivity contribution in [2.45, 2.75) is 20.3 Å². The first-order chi connectivity index (χ1) is 10.5. The molecule has 0 aromatic carbocycles. The van der Waals surface area contributed by atoms with Gasteiger partial charge in [-0.15, -0.1) is 24.0 Å². The number of aromatic nitrogens is 2. The Hall–Kier alpha value is -1.39. The molecule has 1 N–H and O–H groups in total. The Bertz CT molecular complexity index is 548. The number of carbonyl (C=O) groups excluding carboxylic acids is 1. The van der Waals surface area contributed by atoms with E-state index in [1.807, 2.05) is 0 Å². The molecule has 0 aliphatic carbocycles. The number of guanidine groups is 1.